The highest BCUT2D eigenvalue weighted by atomic mass is 32.2. The summed E-state index contributed by atoms with van der Waals surface area (Å²) in [5, 5.41) is 19.1. The minimum absolute atomic E-state index is 0.0243. The number of sulfone groups is 1. The first-order valence-electron chi connectivity index (χ1n) is 5.19. The summed E-state index contributed by atoms with van der Waals surface area (Å²) in [6.07, 6.45) is 0. The van der Waals surface area contributed by atoms with E-state index < -0.39 is 14.8 Å². The van der Waals surface area contributed by atoms with Crippen LogP contribution in [0.4, 0.5) is 5.69 Å². The van der Waals surface area contributed by atoms with E-state index in [2.05, 4.69) is 0 Å². The van der Waals surface area contributed by atoms with E-state index in [1.54, 1.807) is 0 Å². The van der Waals surface area contributed by atoms with Crippen molar-refractivity contribution < 1.29 is 18.4 Å². The van der Waals surface area contributed by atoms with Crippen molar-refractivity contribution in [2.75, 3.05) is 18.1 Å². The topological polar surface area (TPSA) is 97.5 Å². The first kappa shape index (κ1) is 13.3. The summed E-state index contributed by atoms with van der Waals surface area (Å²) in [5.74, 6) is 0.380. The molecule has 1 unspecified atom stereocenters. The van der Waals surface area contributed by atoms with Crippen molar-refractivity contribution in [3.8, 4) is 0 Å². The number of hydrogen-bond donors (Lipinski definition) is 1. The van der Waals surface area contributed by atoms with Crippen LogP contribution in [0.1, 0.15) is 10.8 Å². The van der Waals surface area contributed by atoms with Crippen LogP contribution in [0.15, 0.2) is 23.1 Å². The third-order valence-corrected chi connectivity index (χ3v) is 5.92. The molecule has 0 spiro atoms. The number of aliphatic hydroxyl groups excluding tert-OH is 1. The highest BCUT2D eigenvalue weighted by molar-refractivity contribution is 8.01. The normalized spacial score (nSPS) is 20.6. The fraction of sp³-hybridized carbons (Fsp3) is 0.400. The van der Waals surface area contributed by atoms with Crippen molar-refractivity contribution in [2.24, 2.45) is 0 Å². The highest BCUT2D eigenvalue weighted by Crippen LogP contribution is 2.42. The van der Waals surface area contributed by atoms with Crippen LogP contribution in [0.3, 0.4) is 0 Å². The van der Waals surface area contributed by atoms with Crippen molar-refractivity contribution in [3.63, 3.8) is 0 Å². The van der Waals surface area contributed by atoms with E-state index >= 15 is 0 Å². The molecule has 1 N–H and O–H groups in total. The Balaban J connectivity index is 2.43. The first-order chi connectivity index (χ1) is 8.45. The lowest BCUT2D eigenvalue weighted by molar-refractivity contribution is -0.385. The Morgan fingerprint density at radius 3 is 2.83 bits per heavy atom. The number of nitrogens with zero attached hydrogens (tertiary/aromatic N) is 1. The molecule has 1 atom stereocenters. The fourth-order valence-electron chi connectivity index (χ4n) is 1.88. The Labute approximate surface area is 108 Å². The van der Waals surface area contributed by atoms with Gasteiger partial charge in [-0.3, -0.25) is 10.1 Å². The second-order valence-corrected chi connectivity index (χ2v) is 7.16. The molecule has 0 radical (unpaired) electrons. The monoisotopic (exact) mass is 289 g/mol. The Morgan fingerprint density at radius 1 is 1.50 bits per heavy atom. The molecule has 0 fully saturated rings. The molecule has 0 bridgehead atoms. The summed E-state index contributed by atoms with van der Waals surface area (Å²) >= 11 is 1.34. The van der Waals surface area contributed by atoms with Gasteiger partial charge in [0, 0.05) is 23.1 Å². The number of rotatable bonds is 4. The van der Waals surface area contributed by atoms with Gasteiger partial charge in [0.2, 0.25) is 0 Å². The number of aliphatic hydroxyl groups is 1. The summed E-state index contributed by atoms with van der Waals surface area (Å²) in [7, 11) is -3.45. The third kappa shape index (κ3) is 2.36. The smallest absolute Gasteiger partial charge is 0.270 e. The number of fused-ring (bicyclic) bond motifs is 1. The molecular weight excluding hydrogens is 278 g/mol. The number of nitro benzene ring substituents is 1. The number of hydrogen-bond acceptors (Lipinski definition) is 6. The second-order valence-electron chi connectivity index (χ2n) is 3.84. The quantitative estimate of drug-likeness (QED) is 0.659. The summed E-state index contributed by atoms with van der Waals surface area (Å²) in [5.41, 5.74) is 0.379. The molecule has 1 heterocycles. The molecule has 0 aromatic heterocycles. The summed E-state index contributed by atoms with van der Waals surface area (Å²) in [4.78, 5) is 10.1. The van der Waals surface area contributed by atoms with E-state index in [0.29, 0.717) is 11.3 Å². The van der Waals surface area contributed by atoms with Gasteiger partial charge >= 0.3 is 0 Å². The van der Waals surface area contributed by atoms with Gasteiger partial charge in [0.1, 0.15) is 0 Å². The van der Waals surface area contributed by atoms with Crippen LogP contribution in [0, 0.1) is 10.1 Å². The van der Waals surface area contributed by atoms with Gasteiger partial charge in [0.15, 0.2) is 9.84 Å². The maximum Gasteiger partial charge on any atom is 0.270 e. The van der Waals surface area contributed by atoms with Crippen molar-refractivity contribution in [2.45, 2.75) is 10.1 Å². The molecule has 1 aromatic rings. The Bertz CT molecular complexity index is 584. The lowest BCUT2D eigenvalue weighted by Crippen LogP contribution is -2.02. The van der Waals surface area contributed by atoms with Crippen LogP contribution in [-0.2, 0) is 9.84 Å². The largest absolute Gasteiger partial charge is 0.396 e. The molecule has 1 aromatic carbocycles. The summed E-state index contributed by atoms with van der Waals surface area (Å²) < 4.78 is 23.8. The zero-order valence-corrected chi connectivity index (χ0v) is 10.9. The zero-order chi connectivity index (χ0) is 13.3. The predicted molar refractivity (Wildman–Crippen MR) is 67.4 cm³/mol. The van der Waals surface area contributed by atoms with E-state index in [-0.39, 0.29) is 28.2 Å². The average Bonchev–Trinajstić information content (AvgIpc) is 2.58. The highest BCUT2D eigenvalue weighted by Gasteiger charge is 2.36. The average molecular weight is 289 g/mol. The molecule has 0 amide bonds. The number of benzene rings is 1. The van der Waals surface area contributed by atoms with E-state index in [1.165, 1.54) is 23.9 Å². The van der Waals surface area contributed by atoms with Crippen LogP contribution in [0.2, 0.25) is 0 Å². The summed E-state index contributed by atoms with van der Waals surface area (Å²) in [6.45, 7) is -0.0243. The molecule has 0 saturated carbocycles. The molecule has 6 nitrogen and oxygen atoms in total. The van der Waals surface area contributed by atoms with E-state index in [9.17, 15) is 18.5 Å². The molecule has 0 aliphatic carbocycles. The maximum absolute atomic E-state index is 11.9. The Morgan fingerprint density at radius 2 is 2.22 bits per heavy atom. The standard InChI is InChI=1S/C10H11NO5S2/c12-3-4-17-9-6-18(15,16)10-5-7(11(13)14)1-2-8(9)10/h1-2,5,9,12H,3-4,6H2. The van der Waals surface area contributed by atoms with Crippen LogP contribution in [0.25, 0.3) is 0 Å². The van der Waals surface area contributed by atoms with Gasteiger partial charge in [-0.1, -0.05) is 0 Å². The minimum Gasteiger partial charge on any atom is -0.396 e. The van der Waals surface area contributed by atoms with Crippen LogP contribution >= 0.6 is 11.8 Å². The maximum atomic E-state index is 11.9. The predicted octanol–water partition coefficient (Wildman–Crippen LogP) is 1.15. The van der Waals surface area contributed by atoms with Crippen molar-refractivity contribution in [3.05, 3.63) is 33.9 Å². The van der Waals surface area contributed by atoms with Gasteiger partial charge < -0.3 is 5.11 Å². The SMILES string of the molecule is O=[N+]([O-])c1ccc2c(c1)S(=O)(=O)CC2SCCO. The van der Waals surface area contributed by atoms with Gasteiger partial charge in [-0.15, -0.1) is 0 Å². The number of thioether (sulfide) groups is 1. The van der Waals surface area contributed by atoms with E-state index in [0.717, 1.165) is 6.07 Å². The van der Waals surface area contributed by atoms with Gasteiger partial charge in [-0.25, -0.2) is 8.42 Å². The van der Waals surface area contributed by atoms with Gasteiger partial charge in [-0.2, -0.15) is 11.8 Å². The van der Waals surface area contributed by atoms with Crippen molar-refractivity contribution >= 4 is 27.3 Å². The zero-order valence-electron chi connectivity index (χ0n) is 9.27. The number of nitro groups is 1. The molecule has 8 heteroatoms. The molecule has 18 heavy (non-hydrogen) atoms. The molecular formula is C10H11NO5S2. The first-order valence-corrected chi connectivity index (χ1v) is 7.89. The van der Waals surface area contributed by atoms with Crippen molar-refractivity contribution in [1.82, 2.24) is 0 Å². The molecule has 1 aliphatic heterocycles. The molecule has 98 valence electrons. The molecule has 0 saturated heterocycles. The molecule has 2 rings (SSSR count). The lowest BCUT2D eigenvalue weighted by Gasteiger charge is -2.07. The fourth-order valence-corrected chi connectivity index (χ4v) is 5.28. The second kappa shape index (κ2) is 4.87. The van der Waals surface area contributed by atoms with Crippen LogP contribution in [0.5, 0.6) is 0 Å². The Kier molecular flexibility index (Phi) is 3.60. The van der Waals surface area contributed by atoms with Crippen LogP contribution < -0.4 is 0 Å². The molecule has 1 aliphatic rings. The van der Waals surface area contributed by atoms with Crippen molar-refractivity contribution in [1.29, 1.82) is 0 Å². The van der Waals surface area contributed by atoms with E-state index in [4.69, 9.17) is 5.11 Å². The van der Waals surface area contributed by atoms with Crippen LogP contribution in [-0.4, -0.2) is 36.6 Å². The Hall–Kier alpha value is -1.12. The van der Waals surface area contributed by atoms with Gasteiger partial charge in [0.05, 0.1) is 22.2 Å². The lowest BCUT2D eigenvalue weighted by atomic mass is 10.1. The minimum atomic E-state index is -3.45. The van der Waals surface area contributed by atoms with Gasteiger partial charge in [0.25, 0.3) is 5.69 Å². The number of non-ortho nitro benzene ring substituents is 1. The van der Waals surface area contributed by atoms with E-state index in [1.807, 2.05) is 0 Å². The summed E-state index contributed by atoms with van der Waals surface area (Å²) in [6, 6.07) is 3.92. The third-order valence-electron chi connectivity index (χ3n) is 2.67. The van der Waals surface area contributed by atoms with Gasteiger partial charge in [-0.05, 0) is 11.6 Å².